The van der Waals surface area contributed by atoms with E-state index in [1.807, 2.05) is 125 Å². The number of ether oxygens (including phenoxy) is 2. The van der Waals surface area contributed by atoms with E-state index in [1.165, 1.54) is 0 Å². The maximum atomic E-state index is 14.1. The van der Waals surface area contributed by atoms with Crippen molar-refractivity contribution < 1.29 is 28.7 Å². The number of hydrogen-bond donors (Lipinski definition) is 3. The van der Waals surface area contributed by atoms with Crippen LogP contribution in [0.2, 0.25) is 0 Å². The van der Waals surface area contributed by atoms with E-state index in [0.717, 1.165) is 98.7 Å². The summed E-state index contributed by atoms with van der Waals surface area (Å²) in [4.78, 5) is 66.6. The van der Waals surface area contributed by atoms with Crippen molar-refractivity contribution in [2.45, 2.75) is 111 Å². The van der Waals surface area contributed by atoms with Crippen molar-refractivity contribution in [1.82, 2.24) is 25.5 Å². The van der Waals surface area contributed by atoms with Crippen molar-refractivity contribution in [3.05, 3.63) is 125 Å². The Morgan fingerprint density at radius 3 is 2.31 bits per heavy atom. The molecule has 0 bridgehead atoms. The lowest BCUT2D eigenvalue weighted by Crippen LogP contribution is -2.57. The predicted molar refractivity (Wildman–Crippen MR) is 278 cm³/mol. The number of aromatic nitrogens is 2. The van der Waals surface area contributed by atoms with Crippen molar-refractivity contribution >= 4 is 40.7 Å². The molecule has 4 aromatic carbocycles. The van der Waals surface area contributed by atoms with E-state index in [-0.39, 0.29) is 36.1 Å². The average molecular weight is 961 g/mol. The summed E-state index contributed by atoms with van der Waals surface area (Å²) in [7, 11) is 1.63. The zero-order chi connectivity index (χ0) is 49.4. The van der Waals surface area contributed by atoms with Gasteiger partial charge < -0.3 is 30.3 Å². The number of methoxy groups -OCH3 is 1. The molecule has 3 atom stereocenters. The highest BCUT2D eigenvalue weighted by molar-refractivity contribution is 7.13. The van der Waals surface area contributed by atoms with Gasteiger partial charge in [-0.2, -0.15) is 0 Å². The van der Waals surface area contributed by atoms with Crippen LogP contribution in [0.25, 0.3) is 44.1 Å². The van der Waals surface area contributed by atoms with Crippen LogP contribution in [-0.2, 0) is 25.6 Å². The molecular formula is C57H64N6O6S. The number of para-hydroxylation sites is 1. The number of rotatable bonds is 18. The number of fused-ring (bicyclic) bond motifs is 3. The van der Waals surface area contributed by atoms with Crippen LogP contribution in [0, 0.1) is 12.3 Å². The normalized spacial score (nSPS) is 15.2. The molecule has 364 valence electrons. The third-order valence-electron chi connectivity index (χ3n) is 13.3. The van der Waals surface area contributed by atoms with Gasteiger partial charge in [-0.15, -0.1) is 11.3 Å². The molecule has 0 aliphatic carbocycles. The Labute approximate surface area is 415 Å². The van der Waals surface area contributed by atoms with Crippen LogP contribution in [-0.4, -0.2) is 70.8 Å². The monoisotopic (exact) mass is 960 g/mol. The summed E-state index contributed by atoms with van der Waals surface area (Å²) in [5.74, 6) is 0.575. The third-order valence-corrected chi connectivity index (χ3v) is 14.3. The van der Waals surface area contributed by atoms with E-state index in [4.69, 9.17) is 14.5 Å². The van der Waals surface area contributed by atoms with Crippen LogP contribution in [0.1, 0.15) is 102 Å². The lowest BCUT2D eigenvalue weighted by atomic mass is 9.85. The molecule has 6 aromatic rings. The van der Waals surface area contributed by atoms with E-state index in [0.29, 0.717) is 43.9 Å². The molecule has 2 aromatic heterocycles. The third kappa shape index (κ3) is 11.6. The number of unbranched alkanes of at least 4 members (excludes halogenated alkanes) is 4. The van der Waals surface area contributed by atoms with Gasteiger partial charge in [-0.05, 0) is 97.0 Å². The standard InChI is InChI=1S/C57H64N6O6S/c1-36(38-24-26-40(27-25-38)53-37(2)58-35-70-53)59-55(66)47-22-17-30-63(47)56(67)54(57(3,4)5)62-50(64)23-13-8-7-9-16-31-69-48-29-28-41(32-49(48)68-6)43-33-46(39-18-11-10-12-19-39)61-52-42-20-14-15-21-45(42)60-51(65)34-44(43)52/h10-12,14-15,18-21,24-29,32-33,35-36,47,54H,7-9,13,16-17,22-23,30-31,34H2,1-6H3,(H,59,66)(H,60,65)(H,62,64). The highest BCUT2D eigenvalue weighted by Crippen LogP contribution is 2.42. The number of amides is 4. The fourth-order valence-corrected chi connectivity index (χ4v) is 10.3. The number of carbonyl (C=O) groups excluding carboxylic acids is 4. The Balaban J connectivity index is 0.808. The number of nitrogens with one attached hydrogen (secondary N) is 3. The van der Waals surface area contributed by atoms with Gasteiger partial charge in [-0.25, -0.2) is 9.97 Å². The molecule has 1 fully saturated rings. The maximum absolute atomic E-state index is 14.1. The molecular weight excluding hydrogens is 897 g/mol. The summed E-state index contributed by atoms with van der Waals surface area (Å²) in [5.41, 5.74) is 11.2. The number of anilines is 1. The summed E-state index contributed by atoms with van der Waals surface area (Å²) in [6.07, 6.45) is 6.03. The summed E-state index contributed by atoms with van der Waals surface area (Å²) in [6.45, 7) is 10.8. The molecule has 0 spiro atoms. The van der Waals surface area contributed by atoms with Gasteiger partial charge >= 0.3 is 0 Å². The number of aryl methyl sites for hydroxylation is 1. The van der Waals surface area contributed by atoms with E-state index in [1.54, 1.807) is 23.3 Å². The number of thiazole rings is 1. The molecule has 70 heavy (non-hydrogen) atoms. The quantitative estimate of drug-likeness (QED) is 0.0720. The van der Waals surface area contributed by atoms with Gasteiger partial charge in [0, 0.05) is 24.1 Å². The van der Waals surface area contributed by atoms with Crippen molar-refractivity contribution in [3.63, 3.8) is 0 Å². The molecule has 4 heterocycles. The van der Waals surface area contributed by atoms with Crippen LogP contribution in [0.4, 0.5) is 5.69 Å². The second kappa shape index (κ2) is 22.3. The Kier molecular flexibility index (Phi) is 15.8. The summed E-state index contributed by atoms with van der Waals surface area (Å²) < 4.78 is 12.1. The lowest BCUT2D eigenvalue weighted by molar-refractivity contribution is -0.144. The molecule has 0 radical (unpaired) electrons. The minimum Gasteiger partial charge on any atom is -0.493 e. The van der Waals surface area contributed by atoms with Gasteiger partial charge in [0.1, 0.15) is 12.1 Å². The Bertz CT molecular complexity index is 2820. The maximum Gasteiger partial charge on any atom is 0.246 e. The largest absolute Gasteiger partial charge is 0.493 e. The van der Waals surface area contributed by atoms with E-state index >= 15 is 0 Å². The number of likely N-dealkylation sites (tertiary alicyclic amines) is 1. The van der Waals surface area contributed by atoms with Crippen molar-refractivity contribution in [2.75, 3.05) is 25.6 Å². The van der Waals surface area contributed by atoms with Crippen LogP contribution in [0.15, 0.2) is 109 Å². The Morgan fingerprint density at radius 1 is 0.843 bits per heavy atom. The molecule has 3 unspecified atom stereocenters. The van der Waals surface area contributed by atoms with Gasteiger partial charge in [0.15, 0.2) is 11.5 Å². The van der Waals surface area contributed by atoms with Crippen molar-refractivity contribution in [2.24, 2.45) is 5.41 Å². The highest BCUT2D eigenvalue weighted by atomic mass is 32.1. The molecule has 12 nitrogen and oxygen atoms in total. The lowest BCUT2D eigenvalue weighted by Gasteiger charge is -2.35. The fraction of sp³-hybridized carbons (Fsp3) is 0.368. The second-order valence-corrected chi connectivity index (χ2v) is 20.3. The van der Waals surface area contributed by atoms with Crippen LogP contribution < -0.4 is 25.4 Å². The number of hydrogen-bond acceptors (Lipinski definition) is 9. The summed E-state index contributed by atoms with van der Waals surface area (Å²) in [6, 6.07) is 32.3. The average Bonchev–Trinajstić information content (AvgIpc) is 4.00. The van der Waals surface area contributed by atoms with E-state index in [2.05, 4.69) is 39.1 Å². The molecule has 8 rings (SSSR count). The zero-order valence-corrected chi connectivity index (χ0v) is 41.9. The fourth-order valence-electron chi connectivity index (χ4n) is 9.44. The zero-order valence-electron chi connectivity index (χ0n) is 41.1. The number of pyridine rings is 1. The van der Waals surface area contributed by atoms with Crippen molar-refractivity contribution in [3.8, 4) is 55.6 Å². The molecule has 0 saturated carbocycles. The molecule has 2 aliphatic heterocycles. The first-order chi connectivity index (χ1) is 33.8. The highest BCUT2D eigenvalue weighted by Gasteiger charge is 2.42. The summed E-state index contributed by atoms with van der Waals surface area (Å²) in [5, 5.41) is 9.26. The van der Waals surface area contributed by atoms with Crippen molar-refractivity contribution in [1.29, 1.82) is 0 Å². The summed E-state index contributed by atoms with van der Waals surface area (Å²) >= 11 is 1.61. The molecule has 13 heteroatoms. The number of nitrogens with zero attached hydrogens (tertiary/aromatic N) is 3. The van der Waals surface area contributed by atoms with Gasteiger partial charge in [0.05, 0.1) is 59.3 Å². The van der Waals surface area contributed by atoms with Crippen LogP contribution in [0.3, 0.4) is 0 Å². The second-order valence-electron chi connectivity index (χ2n) is 19.4. The molecule has 3 N–H and O–H groups in total. The Morgan fingerprint density at radius 2 is 1.57 bits per heavy atom. The Hall–Kier alpha value is -6.86. The van der Waals surface area contributed by atoms with Gasteiger partial charge in [0.2, 0.25) is 23.6 Å². The first kappa shape index (κ1) is 49.6. The van der Waals surface area contributed by atoms with Crippen LogP contribution >= 0.6 is 11.3 Å². The number of carbonyl (C=O) groups is 4. The first-order valence-electron chi connectivity index (χ1n) is 24.5. The van der Waals surface area contributed by atoms with Gasteiger partial charge in [-0.1, -0.05) is 119 Å². The smallest absolute Gasteiger partial charge is 0.246 e. The van der Waals surface area contributed by atoms with Gasteiger partial charge in [-0.3, -0.25) is 19.2 Å². The van der Waals surface area contributed by atoms with E-state index in [9.17, 15) is 19.2 Å². The minimum absolute atomic E-state index is 0.0971. The molecule has 4 amide bonds. The predicted octanol–water partition coefficient (Wildman–Crippen LogP) is 11.1. The minimum atomic E-state index is -0.762. The topological polar surface area (TPSA) is 152 Å². The van der Waals surface area contributed by atoms with E-state index < -0.39 is 17.5 Å². The molecule has 2 aliphatic rings. The SMILES string of the molecule is COc1cc(-c2cc(-c3ccccc3)nc3c2CC(=O)Nc2ccccc2-3)ccc1OCCCCCCCC(=O)NC(C(=O)N1CCCC1C(=O)NC(C)c1ccc(-c2scnc2C)cc1)C(C)(C)C. The molecule has 1 saturated heterocycles. The first-order valence-corrected chi connectivity index (χ1v) is 25.4. The number of benzene rings is 4. The van der Waals surface area contributed by atoms with Crippen LogP contribution in [0.5, 0.6) is 11.5 Å². The van der Waals surface area contributed by atoms with Gasteiger partial charge in [0.25, 0.3) is 0 Å².